The van der Waals surface area contributed by atoms with Crippen LogP contribution >= 0.6 is 0 Å². The second kappa shape index (κ2) is 23.4. The number of aliphatic hydroxyl groups excluding tert-OH is 1. The monoisotopic (exact) mass is 686 g/mol. The van der Waals surface area contributed by atoms with Gasteiger partial charge in [-0.05, 0) is 50.9 Å². The summed E-state index contributed by atoms with van der Waals surface area (Å²) in [4.78, 5) is 76.1. The van der Waals surface area contributed by atoms with Gasteiger partial charge in [0.15, 0.2) is 17.9 Å². The second-order valence-electron chi connectivity index (χ2n) is 11.3. The number of hydrogen-bond acceptors (Lipinski definition) is 10. The van der Waals surface area contributed by atoms with Crippen molar-refractivity contribution in [2.45, 2.75) is 89.0 Å². The average molecular weight is 687 g/mol. The largest absolute Gasteiger partial charge is 0.480 e. The minimum Gasteiger partial charge on any atom is -0.480 e. The number of guanidine groups is 3. The highest BCUT2D eigenvalue weighted by molar-refractivity contribution is 5.95. The molecule has 0 aliphatic carbocycles. The molecule has 4 amide bonds. The smallest absolute Gasteiger partial charge is 0.326 e. The van der Waals surface area contributed by atoms with Crippen molar-refractivity contribution in [3.8, 4) is 0 Å². The van der Waals surface area contributed by atoms with E-state index in [4.69, 9.17) is 40.1 Å². The van der Waals surface area contributed by atoms with Crippen LogP contribution in [0.4, 0.5) is 0 Å². The maximum absolute atomic E-state index is 13.6. The van der Waals surface area contributed by atoms with Crippen LogP contribution in [0, 0.1) is 5.92 Å². The highest BCUT2D eigenvalue weighted by Crippen LogP contribution is 2.10. The summed E-state index contributed by atoms with van der Waals surface area (Å²) in [6.07, 6.45) is 0.931. The van der Waals surface area contributed by atoms with E-state index < -0.39 is 66.4 Å². The second-order valence-corrected chi connectivity index (χ2v) is 11.3. The van der Waals surface area contributed by atoms with Crippen LogP contribution in [-0.4, -0.2) is 114 Å². The van der Waals surface area contributed by atoms with Crippen molar-refractivity contribution in [3.63, 3.8) is 0 Å². The predicted octanol–water partition coefficient (Wildman–Crippen LogP) is -5.46. The van der Waals surface area contributed by atoms with Crippen molar-refractivity contribution in [3.05, 3.63) is 0 Å². The van der Waals surface area contributed by atoms with Gasteiger partial charge in [-0.3, -0.25) is 34.2 Å². The van der Waals surface area contributed by atoms with Gasteiger partial charge in [-0.2, -0.15) is 0 Å². The highest BCUT2D eigenvalue weighted by Gasteiger charge is 2.32. The SMILES string of the molecule is CC(C)C[C@H](NC(=O)[C@H](CCCN=C(N)N)NC(=O)[C@@H](N)CO)C(=O)N[C@@H](CCCN=C(N)N)C(=O)N[C@@H](CCCN=C(N)N)C(=O)O. The zero-order valence-corrected chi connectivity index (χ0v) is 27.6. The molecular formula is C27H54N14O7. The zero-order valence-electron chi connectivity index (χ0n) is 27.6. The van der Waals surface area contributed by atoms with E-state index in [-0.39, 0.29) is 88.4 Å². The van der Waals surface area contributed by atoms with Gasteiger partial charge in [0.25, 0.3) is 0 Å². The summed E-state index contributed by atoms with van der Waals surface area (Å²) in [6.45, 7) is 3.34. The van der Waals surface area contributed by atoms with E-state index in [1.165, 1.54) is 0 Å². The number of nitrogens with two attached hydrogens (primary N) is 7. The molecule has 20 N–H and O–H groups in total. The van der Waals surface area contributed by atoms with Crippen molar-refractivity contribution in [1.29, 1.82) is 0 Å². The summed E-state index contributed by atoms with van der Waals surface area (Å²) < 4.78 is 0. The van der Waals surface area contributed by atoms with Crippen LogP contribution in [0.1, 0.15) is 58.8 Å². The number of nitrogens with zero attached hydrogens (tertiary/aromatic N) is 3. The van der Waals surface area contributed by atoms with Crippen LogP contribution < -0.4 is 61.4 Å². The predicted molar refractivity (Wildman–Crippen MR) is 180 cm³/mol. The Morgan fingerprint density at radius 3 is 1.27 bits per heavy atom. The Labute approximate surface area is 279 Å². The fourth-order valence-electron chi connectivity index (χ4n) is 4.19. The summed E-state index contributed by atoms with van der Waals surface area (Å²) in [6, 6.07) is -6.21. The standard InChI is InChI=1S/C27H54N14O7/c1-14(2)12-19(41-22(45)16(6-3-9-35-25(29)30)38-20(43)15(28)13-42)23(46)39-17(7-4-10-36-26(31)32)21(44)40-18(24(47)48)8-5-11-37-27(33)34/h14-19,42H,3-13,28H2,1-2H3,(H,38,43)(H,39,46)(H,40,44)(H,41,45)(H,47,48)(H4,29,30,35)(H4,31,32,36)(H4,33,34,37)/t15-,16-,17-,18-,19-/m0/s1. The van der Waals surface area contributed by atoms with Gasteiger partial charge in [0.05, 0.1) is 6.61 Å². The van der Waals surface area contributed by atoms with Gasteiger partial charge in [-0.1, -0.05) is 13.8 Å². The van der Waals surface area contributed by atoms with E-state index in [1.807, 2.05) is 0 Å². The molecule has 0 aliphatic heterocycles. The molecule has 0 radical (unpaired) electrons. The van der Waals surface area contributed by atoms with Crippen molar-refractivity contribution in [2.75, 3.05) is 26.2 Å². The van der Waals surface area contributed by atoms with Crippen molar-refractivity contribution in [1.82, 2.24) is 21.3 Å². The third-order valence-electron chi connectivity index (χ3n) is 6.59. The number of amides is 4. The van der Waals surface area contributed by atoms with E-state index >= 15 is 0 Å². The molecule has 0 aliphatic rings. The Bertz CT molecular complexity index is 1140. The molecule has 0 saturated carbocycles. The Morgan fingerprint density at radius 2 is 0.917 bits per heavy atom. The summed E-state index contributed by atoms with van der Waals surface area (Å²) in [7, 11) is 0. The minimum atomic E-state index is -1.32. The number of carbonyl (C=O) groups excluding carboxylic acids is 4. The van der Waals surface area contributed by atoms with E-state index in [0.29, 0.717) is 0 Å². The number of nitrogens with one attached hydrogen (secondary N) is 4. The molecule has 0 fully saturated rings. The third kappa shape index (κ3) is 19.6. The molecule has 0 aromatic rings. The third-order valence-corrected chi connectivity index (χ3v) is 6.59. The fraction of sp³-hybridized carbons (Fsp3) is 0.704. The molecule has 0 aromatic carbocycles. The first-order valence-electron chi connectivity index (χ1n) is 15.4. The van der Waals surface area contributed by atoms with E-state index in [9.17, 15) is 34.2 Å². The number of rotatable bonds is 24. The fourth-order valence-corrected chi connectivity index (χ4v) is 4.19. The van der Waals surface area contributed by atoms with E-state index in [2.05, 4.69) is 36.2 Å². The lowest BCUT2D eigenvalue weighted by Gasteiger charge is -2.27. The maximum Gasteiger partial charge on any atom is 0.326 e. The number of hydrogen-bond donors (Lipinski definition) is 13. The number of carboxylic acid groups (broad SMARTS) is 1. The highest BCUT2D eigenvalue weighted by atomic mass is 16.4. The molecule has 0 saturated heterocycles. The summed E-state index contributed by atoms with van der Waals surface area (Å²) in [5.41, 5.74) is 37.6. The van der Waals surface area contributed by atoms with Crippen LogP contribution in [0.15, 0.2) is 15.0 Å². The van der Waals surface area contributed by atoms with Gasteiger partial charge in [0, 0.05) is 19.6 Å². The number of carbonyl (C=O) groups is 5. The number of carboxylic acids is 1. The first-order chi connectivity index (χ1) is 22.5. The van der Waals surface area contributed by atoms with Crippen LogP contribution in [-0.2, 0) is 24.0 Å². The average Bonchev–Trinajstić information content (AvgIpc) is 2.99. The number of aliphatic hydroxyl groups is 1. The van der Waals surface area contributed by atoms with Crippen LogP contribution in [0.2, 0.25) is 0 Å². The van der Waals surface area contributed by atoms with Gasteiger partial charge in [0.1, 0.15) is 30.2 Å². The van der Waals surface area contributed by atoms with Gasteiger partial charge in [-0.25, -0.2) is 4.79 Å². The van der Waals surface area contributed by atoms with E-state index in [0.717, 1.165) is 0 Å². The van der Waals surface area contributed by atoms with E-state index in [1.54, 1.807) is 13.8 Å². The van der Waals surface area contributed by atoms with Gasteiger partial charge < -0.3 is 71.6 Å². The van der Waals surface area contributed by atoms with Gasteiger partial charge in [0.2, 0.25) is 23.6 Å². The molecule has 48 heavy (non-hydrogen) atoms. The molecule has 21 nitrogen and oxygen atoms in total. The molecule has 0 heterocycles. The molecular weight excluding hydrogens is 632 g/mol. The summed E-state index contributed by atoms with van der Waals surface area (Å²) in [5, 5.41) is 29.0. The molecule has 0 unspecified atom stereocenters. The van der Waals surface area contributed by atoms with Crippen molar-refractivity contribution >= 4 is 47.5 Å². The Balaban J connectivity index is 6.05. The Hall–Kier alpha value is -4.92. The molecule has 21 heteroatoms. The number of aliphatic carboxylic acids is 1. The normalized spacial score (nSPS) is 13.9. The van der Waals surface area contributed by atoms with Crippen molar-refractivity contribution < 1.29 is 34.2 Å². The quantitative estimate of drug-likeness (QED) is 0.0256. The van der Waals surface area contributed by atoms with Crippen LogP contribution in [0.25, 0.3) is 0 Å². The molecule has 0 spiro atoms. The Morgan fingerprint density at radius 1 is 0.583 bits per heavy atom. The molecule has 5 atom stereocenters. The molecule has 0 aromatic heterocycles. The first kappa shape index (κ1) is 43.1. The maximum atomic E-state index is 13.6. The van der Waals surface area contributed by atoms with Gasteiger partial charge in [-0.15, -0.1) is 0 Å². The summed E-state index contributed by atoms with van der Waals surface area (Å²) >= 11 is 0. The summed E-state index contributed by atoms with van der Waals surface area (Å²) in [5.74, 6) is -4.98. The van der Waals surface area contributed by atoms with Gasteiger partial charge >= 0.3 is 5.97 Å². The lowest BCUT2D eigenvalue weighted by molar-refractivity contribution is -0.142. The Kier molecular flexibility index (Phi) is 21.0. The topological polar surface area (TPSA) is 393 Å². The van der Waals surface area contributed by atoms with Crippen LogP contribution in [0.5, 0.6) is 0 Å². The van der Waals surface area contributed by atoms with Crippen LogP contribution in [0.3, 0.4) is 0 Å². The lowest BCUT2D eigenvalue weighted by atomic mass is 10.0. The minimum absolute atomic E-state index is 0.00518. The lowest BCUT2D eigenvalue weighted by Crippen LogP contribution is -2.58. The van der Waals surface area contributed by atoms with Crippen molar-refractivity contribution in [2.24, 2.45) is 61.0 Å². The molecule has 274 valence electrons. The first-order valence-corrected chi connectivity index (χ1v) is 15.4. The molecule has 0 bridgehead atoms. The zero-order chi connectivity index (χ0) is 36.8. The number of aliphatic imine (C=N–C) groups is 3. The molecule has 0 rings (SSSR count).